The number of hydrogen-bond donors (Lipinski definition) is 0. The molecule has 2 aliphatic rings. The zero-order chi connectivity index (χ0) is 13.7. The largest absolute Gasteiger partial charge is 0.487 e. The van der Waals surface area contributed by atoms with E-state index in [-0.39, 0.29) is 17.3 Å². The van der Waals surface area contributed by atoms with Gasteiger partial charge in [-0.3, -0.25) is 0 Å². The molecule has 0 saturated carbocycles. The standard InChI is InChI=1S/C17H22O2/c1-5-17(4)11-10-13-15(19-17)12-8-6-7-9-14(12)18-16(13,2)3/h5-9,13,15H,1,10-11H2,2-4H3/t13?,15?,17-/m0/s1. The van der Waals surface area contributed by atoms with Crippen molar-refractivity contribution in [2.24, 2.45) is 5.92 Å². The molecule has 1 fully saturated rings. The number of rotatable bonds is 1. The first-order chi connectivity index (χ1) is 8.95. The predicted molar refractivity (Wildman–Crippen MR) is 76.3 cm³/mol. The molecule has 0 spiro atoms. The highest BCUT2D eigenvalue weighted by molar-refractivity contribution is 5.39. The smallest absolute Gasteiger partial charge is 0.125 e. The number of fused-ring (bicyclic) bond motifs is 3. The van der Waals surface area contributed by atoms with E-state index in [1.807, 2.05) is 18.2 Å². The third kappa shape index (κ3) is 1.99. The maximum Gasteiger partial charge on any atom is 0.125 e. The van der Waals surface area contributed by atoms with Crippen LogP contribution in [0.3, 0.4) is 0 Å². The van der Waals surface area contributed by atoms with Crippen LogP contribution in [0.5, 0.6) is 5.75 Å². The molecule has 3 rings (SSSR count). The summed E-state index contributed by atoms with van der Waals surface area (Å²) < 4.78 is 12.6. The highest BCUT2D eigenvalue weighted by atomic mass is 16.5. The van der Waals surface area contributed by atoms with Gasteiger partial charge in [-0.2, -0.15) is 0 Å². The SMILES string of the molecule is C=C[C@@]1(C)CCC2C(O1)c1ccccc1OC2(C)C. The first-order valence-corrected chi connectivity index (χ1v) is 7.04. The highest BCUT2D eigenvalue weighted by Crippen LogP contribution is 2.52. The number of para-hydroxylation sites is 1. The van der Waals surface area contributed by atoms with E-state index in [1.165, 1.54) is 5.56 Å². The van der Waals surface area contributed by atoms with Crippen LogP contribution in [-0.2, 0) is 4.74 Å². The van der Waals surface area contributed by atoms with Gasteiger partial charge in [0.2, 0.25) is 0 Å². The first-order valence-electron chi connectivity index (χ1n) is 7.04. The Hall–Kier alpha value is -1.28. The predicted octanol–water partition coefficient (Wildman–Crippen LogP) is 4.27. The van der Waals surface area contributed by atoms with Crippen LogP contribution < -0.4 is 4.74 Å². The Labute approximate surface area is 115 Å². The number of hydrogen-bond acceptors (Lipinski definition) is 2. The van der Waals surface area contributed by atoms with Gasteiger partial charge in [-0.1, -0.05) is 24.3 Å². The van der Waals surface area contributed by atoms with Crippen LogP contribution in [0.1, 0.15) is 45.3 Å². The molecular weight excluding hydrogens is 236 g/mol. The molecule has 0 amide bonds. The van der Waals surface area contributed by atoms with Crippen molar-refractivity contribution in [1.29, 1.82) is 0 Å². The van der Waals surface area contributed by atoms with Crippen molar-refractivity contribution < 1.29 is 9.47 Å². The summed E-state index contributed by atoms with van der Waals surface area (Å²) >= 11 is 0. The van der Waals surface area contributed by atoms with Crippen molar-refractivity contribution in [2.75, 3.05) is 0 Å². The van der Waals surface area contributed by atoms with Crippen LogP contribution >= 0.6 is 0 Å². The van der Waals surface area contributed by atoms with Crippen molar-refractivity contribution in [3.63, 3.8) is 0 Å². The zero-order valence-electron chi connectivity index (χ0n) is 12.0. The Morgan fingerprint density at radius 1 is 1.26 bits per heavy atom. The molecule has 0 aromatic heterocycles. The fourth-order valence-electron chi connectivity index (χ4n) is 3.33. The van der Waals surface area contributed by atoms with E-state index in [0.717, 1.165) is 18.6 Å². The molecule has 1 saturated heterocycles. The Morgan fingerprint density at radius 2 is 2.00 bits per heavy atom. The molecule has 0 radical (unpaired) electrons. The minimum Gasteiger partial charge on any atom is -0.487 e. The first kappa shape index (κ1) is 12.7. The molecule has 2 nitrogen and oxygen atoms in total. The molecule has 1 aromatic rings. The highest BCUT2D eigenvalue weighted by Gasteiger charge is 2.49. The van der Waals surface area contributed by atoms with Crippen LogP contribution in [0.25, 0.3) is 0 Å². The summed E-state index contributed by atoms with van der Waals surface area (Å²) in [5.41, 5.74) is 0.781. The lowest BCUT2D eigenvalue weighted by molar-refractivity contribution is -0.172. The fourth-order valence-corrected chi connectivity index (χ4v) is 3.33. The van der Waals surface area contributed by atoms with Crippen molar-refractivity contribution in [2.45, 2.75) is 50.9 Å². The maximum absolute atomic E-state index is 6.39. The zero-order valence-corrected chi connectivity index (χ0v) is 12.0. The van der Waals surface area contributed by atoms with Gasteiger partial charge in [0.05, 0.1) is 11.7 Å². The van der Waals surface area contributed by atoms with Crippen molar-refractivity contribution >= 4 is 0 Å². The normalized spacial score (nSPS) is 35.7. The molecule has 1 aromatic carbocycles. The Bertz CT molecular complexity index is 506. The van der Waals surface area contributed by atoms with Crippen molar-refractivity contribution in [3.05, 3.63) is 42.5 Å². The van der Waals surface area contributed by atoms with Gasteiger partial charge in [-0.15, -0.1) is 6.58 Å². The molecule has 2 heteroatoms. The lowest BCUT2D eigenvalue weighted by atomic mass is 9.73. The molecule has 0 bridgehead atoms. The van der Waals surface area contributed by atoms with E-state index in [9.17, 15) is 0 Å². The van der Waals surface area contributed by atoms with Gasteiger partial charge < -0.3 is 9.47 Å². The summed E-state index contributed by atoms with van der Waals surface area (Å²) in [6.45, 7) is 10.4. The summed E-state index contributed by atoms with van der Waals surface area (Å²) in [7, 11) is 0. The average Bonchev–Trinajstić information content (AvgIpc) is 2.38. The minimum absolute atomic E-state index is 0.108. The average molecular weight is 258 g/mol. The van der Waals surface area contributed by atoms with Gasteiger partial charge in [-0.05, 0) is 39.7 Å². The quantitative estimate of drug-likeness (QED) is 0.700. The summed E-state index contributed by atoms with van der Waals surface area (Å²) in [6.07, 6.45) is 4.16. The van der Waals surface area contributed by atoms with Crippen LogP contribution in [-0.4, -0.2) is 11.2 Å². The lowest BCUT2D eigenvalue weighted by Gasteiger charge is -2.51. The molecule has 0 N–H and O–H groups in total. The lowest BCUT2D eigenvalue weighted by Crippen LogP contribution is -2.50. The van der Waals surface area contributed by atoms with Crippen LogP contribution in [0.15, 0.2) is 36.9 Å². The van der Waals surface area contributed by atoms with E-state index in [1.54, 1.807) is 0 Å². The summed E-state index contributed by atoms with van der Waals surface area (Å²) in [6, 6.07) is 8.24. The Kier molecular flexibility index (Phi) is 2.75. The Morgan fingerprint density at radius 3 is 2.74 bits per heavy atom. The third-order valence-electron chi connectivity index (χ3n) is 4.64. The summed E-state index contributed by atoms with van der Waals surface area (Å²) in [5, 5.41) is 0. The summed E-state index contributed by atoms with van der Waals surface area (Å²) in [5.74, 6) is 1.36. The second kappa shape index (κ2) is 4.11. The Balaban J connectivity index is 2.05. The van der Waals surface area contributed by atoms with Crippen molar-refractivity contribution in [1.82, 2.24) is 0 Å². The van der Waals surface area contributed by atoms with E-state index in [4.69, 9.17) is 9.47 Å². The van der Waals surface area contributed by atoms with Gasteiger partial charge in [0.1, 0.15) is 11.4 Å². The molecule has 2 unspecified atom stereocenters. The maximum atomic E-state index is 6.39. The topological polar surface area (TPSA) is 18.5 Å². The monoisotopic (exact) mass is 258 g/mol. The molecule has 19 heavy (non-hydrogen) atoms. The van der Waals surface area contributed by atoms with Gasteiger partial charge in [0.15, 0.2) is 0 Å². The van der Waals surface area contributed by atoms with Gasteiger partial charge in [0, 0.05) is 11.5 Å². The van der Waals surface area contributed by atoms with Gasteiger partial charge in [0.25, 0.3) is 0 Å². The van der Waals surface area contributed by atoms with Crippen LogP contribution in [0, 0.1) is 5.92 Å². The number of benzene rings is 1. The van der Waals surface area contributed by atoms with E-state index in [0.29, 0.717) is 5.92 Å². The fraction of sp³-hybridized carbons (Fsp3) is 0.529. The van der Waals surface area contributed by atoms with E-state index in [2.05, 4.69) is 39.5 Å². The van der Waals surface area contributed by atoms with Crippen LogP contribution in [0.4, 0.5) is 0 Å². The second-order valence-electron chi connectivity index (χ2n) is 6.44. The summed E-state index contributed by atoms with van der Waals surface area (Å²) in [4.78, 5) is 0. The number of ether oxygens (including phenoxy) is 2. The van der Waals surface area contributed by atoms with Crippen molar-refractivity contribution in [3.8, 4) is 5.75 Å². The van der Waals surface area contributed by atoms with Gasteiger partial charge in [-0.25, -0.2) is 0 Å². The molecule has 0 aliphatic carbocycles. The minimum atomic E-state index is -0.221. The molecule has 2 heterocycles. The van der Waals surface area contributed by atoms with Gasteiger partial charge >= 0.3 is 0 Å². The molecule has 3 atom stereocenters. The molecular formula is C17H22O2. The van der Waals surface area contributed by atoms with E-state index < -0.39 is 0 Å². The van der Waals surface area contributed by atoms with E-state index >= 15 is 0 Å². The van der Waals surface area contributed by atoms with Crippen LogP contribution in [0.2, 0.25) is 0 Å². The second-order valence-corrected chi connectivity index (χ2v) is 6.44. The third-order valence-corrected chi connectivity index (χ3v) is 4.64. The molecule has 102 valence electrons. The molecule has 2 aliphatic heterocycles.